The summed E-state index contributed by atoms with van der Waals surface area (Å²) in [6.45, 7) is 2.31. The van der Waals surface area contributed by atoms with E-state index in [0.717, 1.165) is 38.5 Å². The molecule has 1 aliphatic rings. The summed E-state index contributed by atoms with van der Waals surface area (Å²) in [5, 5.41) is 11.6. The zero-order valence-corrected chi connectivity index (χ0v) is 13.4. The summed E-state index contributed by atoms with van der Waals surface area (Å²) >= 11 is 0. The van der Waals surface area contributed by atoms with E-state index < -0.39 is 5.97 Å². The van der Waals surface area contributed by atoms with Gasteiger partial charge < -0.3 is 15.2 Å². The molecule has 0 saturated carbocycles. The minimum Gasteiger partial charge on any atom is -0.481 e. The molecule has 5 nitrogen and oxygen atoms in total. The molecule has 1 unspecified atom stereocenters. The largest absolute Gasteiger partial charge is 0.481 e. The van der Waals surface area contributed by atoms with Crippen molar-refractivity contribution in [1.82, 2.24) is 5.32 Å². The third-order valence-electron chi connectivity index (χ3n) is 3.75. The van der Waals surface area contributed by atoms with Gasteiger partial charge in [0.1, 0.15) is 12.7 Å². The van der Waals surface area contributed by atoms with Gasteiger partial charge in [-0.3, -0.25) is 9.59 Å². The van der Waals surface area contributed by atoms with Crippen LogP contribution in [0, 0.1) is 17.8 Å². The Balaban J connectivity index is 2.07. The lowest BCUT2D eigenvalue weighted by atomic mass is 10.0. The summed E-state index contributed by atoms with van der Waals surface area (Å²) in [5.41, 5.74) is 0. The Bertz CT molecular complexity index is 411. The summed E-state index contributed by atoms with van der Waals surface area (Å²) < 4.78 is 5.54. The SMILES string of the molecule is C[C@H](CCCCNC(=O)COC1C#CCCCCC1)C(=O)O. The molecule has 0 aromatic carbocycles. The van der Waals surface area contributed by atoms with E-state index in [9.17, 15) is 9.59 Å². The summed E-state index contributed by atoms with van der Waals surface area (Å²) in [4.78, 5) is 22.3. The normalized spacial score (nSPS) is 19.2. The second-order valence-corrected chi connectivity index (χ2v) is 5.81. The highest BCUT2D eigenvalue weighted by atomic mass is 16.5. The molecule has 1 rings (SSSR count). The Labute approximate surface area is 132 Å². The molecule has 1 aliphatic carbocycles. The van der Waals surface area contributed by atoms with Crippen LogP contribution in [0.5, 0.6) is 0 Å². The number of unbranched alkanes of at least 4 members (excludes halogenated alkanes) is 1. The number of hydrogen-bond acceptors (Lipinski definition) is 3. The van der Waals surface area contributed by atoms with Gasteiger partial charge in [0.15, 0.2) is 0 Å². The van der Waals surface area contributed by atoms with E-state index in [4.69, 9.17) is 9.84 Å². The fraction of sp³-hybridized carbons (Fsp3) is 0.765. The average molecular weight is 309 g/mol. The quantitative estimate of drug-likeness (QED) is 0.506. The van der Waals surface area contributed by atoms with Crippen molar-refractivity contribution in [3.63, 3.8) is 0 Å². The molecule has 2 atom stereocenters. The monoisotopic (exact) mass is 309 g/mol. The molecule has 0 bridgehead atoms. The molecule has 1 amide bonds. The molecule has 0 fully saturated rings. The van der Waals surface area contributed by atoms with E-state index >= 15 is 0 Å². The molecular weight excluding hydrogens is 282 g/mol. The number of hydrogen-bond donors (Lipinski definition) is 2. The fourth-order valence-corrected chi connectivity index (χ4v) is 2.26. The van der Waals surface area contributed by atoms with Gasteiger partial charge in [0, 0.05) is 13.0 Å². The number of aliphatic carboxylic acids is 1. The lowest BCUT2D eigenvalue weighted by molar-refractivity contribution is -0.141. The second kappa shape index (κ2) is 11.1. The van der Waals surface area contributed by atoms with Crippen LogP contribution in [0.1, 0.15) is 58.3 Å². The van der Waals surface area contributed by atoms with Gasteiger partial charge in [0.2, 0.25) is 5.91 Å². The first-order valence-corrected chi connectivity index (χ1v) is 8.19. The molecule has 0 radical (unpaired) electrons. The first-order chi connectivity index (χ1) is 10.6. The van der Waals surface area contributed by atoms with Crippen molar-refractivity contribution >= 4 is 11.9 Å². The molecule has 2 N–H and O–H groups in total. The molecule has 0 spiro atoms. The van der Waals surface area contributed by atoms with Crippen molar-refractivity contribution in [2.24, 2.45) is 5.92 Å². The fourth-order valence-electron chi connectivity index (χ4n) is 2.26. The zero-order chi connectivity index (χ0) is 16.2. The summed E-state index contributed by atoms with van der Waals surface area (Å²) in [5.74, 6) is 4.94. The van der Waals surface area contributed by atoms with Gasteiger partial charge in [-0.2, -0.15) is 0 Å². The number of carbonyl (C=O) groups excluding carboxylic acids is 1. The van der Waals surface area contributed by atoms with Crippen LogP contribution < -0.4 is 5.32 Å². The van der Waals surface area contributed by atoms with Gasteiger partial charge >= 0.3 is 5.97 Å². The zero-order valence-electron chi connectivity index (χ0n) is 13.4. The van der Waals surface area contributed by atoms with E-state index in [0.29, 0.717) is 13.0 Å². The third kappa shape index (κ3) is 8.68. The van der Waals surface area contributed by atoms with E-state index in [-0.39, 0.29) is 24.5 Å². The first-order valence-electron chi connectivity index (χ1n) is 8.19. The molecule has 0 aliphatic heterocycles. The van der Waals surface area contributed by atoms with Crippen LogP contribution in [0.4, 0.5) is 0 Å². The minimum atomic E-state index is -0.766. The number of carboxylic acid groups (broad SMARTS) is 1. The predicted molar refractivity (Wildman–Crippen MR) is 84.3 cm³/mol. The topological polar surface area (TPSA) is 75.6 Å². The molecule has 0 heterocycles. The van der Waals surface area contributed by atoms with Crippen molar-refractivity contribution < 1.29 is 19.4 Å². The number of carbonyl (C=O) groups is 2. The number of rotatable bonds is 9. The van der Waals surface area contributed by atoms with E-state index in [1.165, 1.54) is 6.42 Å². The number of ether oxygens (including phenoxy) is 1. The van der Waals surface area contributed by atoms with Crippen LogP contribution in [0.2, 0.25) is 0 Å². The van der Waals surface area contributed by atoms with Gasteiger partial charge in [-0.1, -0.05) is 25.7 Å². The predicted octanol–water partition coefficient (Wildman–Crippen LogP) is 2.35. The van der Waals surface area contributed by atoms with Crippen LogP contribution in [-0.2, 0) is 14.3 Å². The maximum absolute atomic E-state index is 11.7. The van der Waals surface area contributed by atoms with Crippen LogP contribution in [-0.4, -0.2) is 36.2 Å². The van der Waals surface area contributed by atoms with Gasteiger partial charge in [0.05, 0.1) is 5.92 Å². The van der Waals surface area contributed by atoms with Gasteiger partial charge in [-0.25, -0.2) is 0 Å². The smallest absolute Gasteiger partial charge is 0.306 e. The second-order valence-electron chi connectivity index (χ2n) is 5.81. The van der Waals surface area contributed by atoms with E-state index in [2.05, 4.69) is 17.2 Å². The maximum atomic E-state index is 11.7. The van der Waals surface area contributed by atoms with Gasteiger partial charge in [-0.15, -0.1) is 5.92 Å². The van der Waals surface area contributed by atoms with Crippen molar-refractivity contribution in [3.05, 3.63) is 0 Å². The summed E-state index contributed by atoms with van der Waals surface area (Å²) in [7, 11) is 0. The Morgan fingerprint density at radius 3 is 2.91 bits per heavy atom. The Morgan fingerprint density at radius 2 is 2.14 bits per heavy atom. The molecular formula is C17H27NO4. The van der Waals surface area contributed by atoms with Crippen molar-refractivity contribution in [1.29, 1.82) is 0 Å². The lowest BCUT2D eigenvalue weighted by Gasteiger charge is -2.13. The van der Waals surface area contributed by atoms with E-state index in [1.54, 1.807) is 6.92 Å². The molecule has 22 heavy (non-hydrogen) atoms. The Hall–Kier alpha value is -1.54. The highest BCUT2D eigenvalue weighted by Gasteiger charge is 2.11. The van der Waals surface area contributed by atoms with E-state index in [1.807, 2.05) is 0 Å². The first kappa shape index (κ1) is 18.5. The number of amides is 1. The maximum Gasteiger partial charge on any atom is 0.306 e. The van der Waals surface area contributed by atoms with Crippen molar-refractivity contribution in [2.75, 3.05) is 13.2 Å². The highest BCUT2D eigenvalue weighted by molar-refractivity contribution is 5.77. The Kier molecular flexibility index (Phi) is 9.33. The molecule has 0 aromatic rings. The van der Waals surface area contributed by atoms with Gasteiger partial charge in [-0.05, 0) is 32.1 Å². The average Bonchev–Trinajstić information content (AvgIpc) is 2.45. The van der Waals surface area contributed by atoms with Crippen LogP contribution >= 0.6 is 0 Å². The van der Waals surface area contributed by atoms with Crippen LogP contribution in [0.15, 0.2) is 0 Å². The standard InChI is InChI=1S/C17H27NO4/c1-14(17(20)21)9-7-8-12-18-16(19)13-22-15-10-5-3-2-4-6-11-15/h14-15H,2-5,7-10,12-13H2,1H3,(H,18,19)(H,20,21)/t14-,15?/m1/s1. The molecule has 5 heteroatoms. The minimum absolute atomic E-state index is 0.0465. The number of nitrogens with one attached hydrogen (secondary N) is 1. The van der Waals surface area contributed by atoms with Crippen molar-refractivity contribution in [3.8, 4) is 11.8 Å². The molecule has 0 saturated heterocycles. The molecule has 0 aromatic heterocycles. The van der Waals surface area contributed by atoms with Gasteiger partial charge in [0.25, 0.3) is 0 Å². The summed E-state index contributed by atoms with van der Waals surface area (Å²) in [6.07, 6.45) is 7.34. The lowest BCUT2D eigenvalue weighted by Crippen LogP contribution is -2.30. The van der Waals surface area contributed by atoms with Crippen molar-refractivity contribution in [2.45, 2.75) is 64.4 Å². The van der Waals surface area contributed by atoms with Crippen LogP contribution in [0.3, 0.4) is 0 Å². The third-order valence-corrected chi connectivity index (χ3v) is 3.75. The Morgan fingerprint density at radius 1 is 1.32 bits per heavy atom. The highest BCUT2D eigenvalue weighted by Crippen LogP contribution is 2.10. The molecule has 124 valence electrons. The number of carboxylic acids is 1. The van der Waals surface area contributed by atoms with Crippen LogP contribution in [0.25, 0.3) is 0 Å². The summed E-state index contributed by atoms with van der Waals surface area (Å²) in [6, 6.07) is 0.